The van der Waals surface area contributed by atoms with Gasteiger partial charge in [0.15, 0.2) is 0 Å². The molecule has 1 heterocycles. The smallest absolute Gasteiger partial charge is 0.0791 e. The molecule has 0 aromatic rings. The first kappa shape index (κ1) is 14.2. The maximum atomic E-state index is 9.93. The first-order valence-electron chi connectivity index (χ1n) is 7.11. The Hall–Kier alpha value is -0.200. The summed E-state index contributed by atoms with van der Waals surface area (Å²) in [5, 5.41) is 22.7. The van der Waals surface area contributed by atoms with Gasteiger partial charge in [-0.05, 0) is 31.7 Å². The molecule has 3 N–H and O–H groups in total. The number of nitrogens with zero attached hydrogens (tertiary/aromatic N) is 1. The SMILES string of the molecule is OC1CCC(CNCC(O)CN2CCOCC2)C1. The van der Waals surface area contributed by atoms with Crippen LogP contribution in [-0.4, -0.2) is 73.3 Å². The van der Waals surface area contributed by atoms with Crippen molar-refractivity contribution in [2.24, 2.45) is 5.92 Å². The van der Waals surface area contributed by atoms with Crippen LogP contribution in [0.4, 0.5) is 0 Å². The zero-order valence-corrected chi connectivity index (χ0v) is 11.1. The molecule has 3 atom stereocenters. The van der Waals surface area contributed by atoms with Crippen LogP contribution >= 0.6 is 0 Å². The molecule has 5 nitrogen and oxygen atoms in total. The normalized spacial score (nSPS) is 31.7. The van der Waals surface area contributed by atoms with Crippen molar-refractivity contribution in [3.63, 3.8) is 0 Å². The molecule has 0 aromatic heterocycles. The molecular weight excluding hydrogens is 232 g/mol. The number of hydrogen-bond acceptors (Lipinski definition) is 5. The lowest BCUT2D eigenvalue weighted by atomic mass is 10.1. The number of morpholine rings is 1. The van der Waals surface area contributed by atoms with Crippen molar-refractivity contribution < 1.29 is 14.9 Å². The van der Waals surface area contributed by atoms with Gasteiger partial charge in [0.2, 0.25) is 0 Å². The number of aliphatic hydroxyl groups excluding tert-OH is 2. The second kappa shape index (κ2) is 7.40. The molecule has 5 heteroatoms. The summed E-state index contributed by atoms with van der Waals surface area (Å²) in [7, 11) is 0. The number of ether oxygens (including phenoxy) is 1. The zero-order chi connectivity index (χ0) is 12.8. The minimum Gasteiger partial charge on any atom is -0.393 e. The fraction of sp³-hybridized carbons (Fsp3) is 1.00. The summed E-state index contributed by atoms with van der Waals surface area (Å²) in [6, 6.07) is 0. The number of hydrogen-bond donors (Lipinski definition) is 3. The average molecular weight is 258 g/mol. The van der Waals surface area contributed by atoms with Crippen LogP contribution < -0.4 is 5.32 Å². The quantitative estimate of drug-likeness (QED) is 0.595. The van der Waals surface area contributed by atoms with Crippen LogP contribution in [0.3, 0.4) is 0 Å². The Balaban J connectivity index is 1.52. The molecule has 1 aliphatic carbocycles. The van der Waals surface area contributed by atoms with Gasteiger partial charge in [-0.15, -0.1) is 0 Å². The summed E-state index contributed by atoms with van der Waals surface area (Å²) in [6.07, 6.45) is 2.53. The summed E-state index contributed by atoms with van der Waals surface area (Å²) < 4.78 is 5.28. The van der Waals surface area contributed by atoms with Gasteiger partial charge in [0.05, 0.1) is 25.4 Å². The molecule has 1 saturated heterocycles. The molecule has 1 aliphatic heterocycles. The highest BCUT2D eigenvalue weighted by molar-refractivity contribution is 4.77. The summed E-state index contributed by atoms with van der Waals surface area (Å²) in [4.78, 5) is 2.25. The molecule has 0 spiro atoms. The highest BCUT2D eigenvalue weighted by atomic mass is 16.5. The van der Waals surface area contributed by atoms with E-state index in [1.54, 1.807) is 0 Å². The molecular formula is C13H26N2O3. The van der Waals surface area contributed by atoms with E-state index in [-0.39, 0.29) is 12.2 Å². The van der Waals surface area contributed by atoms with E-state index in [2.05, 4.69) is 10.2 Å². The van der Waals surface area contributed by atoms with E-state index < -0.39 is 0 Å². The molecule has 3 unspecified atom stereocenters. The van der Waals surface area contributed by atoms with Gasteiger partial charge < -0.3 is 20.3 Å². The molecule has 0 aromatic carbocycles. The number of aliphatic hydroxyl groups is 2. The highest BCUT2D eigenvalue weighted by Gasteiger charge is 2.22. The topological polar surface area (TPSA) is 65.0 Å². The van der Waals surface area contributed by atoms with Gasteiger partial charge in [-0.3, -0.25) is 4.90 Å². The van der Waals surface area contributed by atoms with Crippen molar-refractivity contribution in [3.05, 3.63) is 0 Å². The molecule has 2 rings (SSSR count). The largest absolute Gasteiger partial charge is 0.393 e. The van der Waals surface area contributed by atoms with E-state index in [9.17, 15) is 10.2 Å². The van der Waals surface area contributed by atoms with Crippen LogP contribution in [0, 0.1) is 5.92 Å². The van der Waals surface area contributed by atoms with Gasteiger partial charge in [-0.2, -0.15) is 0 Å². The number of β-amino-alcohol motifs (C(OH)–C–C–N with tert-alkyl or cyclic N) is 1. The van der Waals surface area contributed by atoms with Crippen molar-refractivity contribution in [1.82, 2.24) is 10.2 Å². The predicted octanol–water partition coefficient (Wildman–Crippen LogP) is -0.570. The van der Waals surface area contributed by atoms with E-state index in [0.29, 0.717) is 12.5 Å². The van der Waals surface area contributed by atoms with E-state index in [1.807, 2.05) is 0 Å². The Bertz CT molecular complexity index is 234. The van der Waals surface area contributed by atoms with E-state index >= 15 is 0 Å². The Kier molecular flexibility index (Phi) is 5.85. The lowest BCUT2D eigenvalue weighted by Gasteiger charge is -2.28. The Labute approximate surface area is 109 Å². The van der Waals surface area contributed by atoms with Crippen molar-refractivity contribution in [2.45, 2.75) is 31.5 Å². The second-order valence-electron chi connectivity index (χ2n) is 5.56. The third-order valence-electron chi connectivity index (χ3n) is 3.90. The fourth-order valence-electron chi connectivity index (χ4n) is 2.83. The fourth-order valence-corrected chi connectivity index (χ4v) is 2.83. The summed E-state index contributed by atoms with van der Waals surface area (Å²) in [5.41, 5.74) is 0. The molecule has 18 heavy (non-hydrogen) atoms. The molecule has 0 bridgehead atoms. The summed E-state index contributed by atoms with van der Waals surface area (Å²) in [5.74, 6) is 0.579. The van der Waals surface area contributed by atoms with Crippen molar-refractivity contribution in [3.8, 4) is 0 Å². The molecule has 106 valence electrons. The average Bonchev–Trinajstić information content (AvgIpc) is 2.76. The summed E-state index contributed by atoms with van der Waals surface area (Å²) in [6.45, 7) is 5.68. The first-order chi connectivity index (χ1) is 8.74. The first-order valence-corrected chi connectivity index (χ1v) is 7.11. The standard InChI is InChI=1S/C13H26N2O3/c16-12-2-1-11(7-12)8-14-9-13(17)10-15-3-5-18-6-4-15/h11-14,16-17H,1-10H2. The molecule has 2 aliphatic rings. The third-order valence-corrected chi connectivity index (χ3v) is 3.90. The molecule has 0 radical (unpaired) electrons. The van der Waals surface area contributed by atoms with Gasteiger partial charge in [0, 0.05) is 26.2 Å². The number of nitrogens with one attached hydrogen (secondary N) is 1. The third kappa shape index (κ3) is 4.82. The van der Waals surface area contributed by atoms with Crippen LogP contribution in [-0.2, 0) is 4.74 Å². The van der Waals surface area contributed by atoms with Gasteiger partial charge >= 0.3 is 0 Å². The Morgan fingerprint density at radius 3 is 2.72 bits per heavy atom. The maximum absolute atomic E-state index is 9.93. The molecule has 0 amide bonds. The van der Waals surface area contributed by atoms with Crippen LogP contribution in [0.25, 0.3) is 0 Å². The van der Waals surface area contributed by atoms with Gasteiger partial charge in [-0.25, -0.2) is 0 Å². The minimum atomic E-state index is -0.311. The summed E-state index contributed by atoms with van der Waals surface area (Å²) >= 11 is 0. The van der Waals surface area contributed by atoms with E-state index in [4.69, 9.17) is 4.74 Å². The van der Waals surface area contributed by atoms with Gasteiger partial charge in [0.1, 0.15) is 0 Å². The van der Waals surface area contributed by atoms with Gasteiger partial charge in [-0.1, -0.05) is 0 Å². The minimum absolute atomic E-state index is 0.102. The maximum Gasteiger partial charge on any atom is 0.0791 e. The lowest BCUT2D eigenvalue weighted by Crippen LogP contribution is -2.44. The van der Waals surface area contributed by atoms with Crippen molar-refractivity contribution in [2.75, 3.05) is 45.9 Å². The predicted molar refractivity (Wildman–Crippen MR) is 69.5 cm³/mol. The van der Waals surface area contributed by atoms with Crippen LogP contribution in [0.15, 0.2) is 0 Å². The van der Waals surface area contributed by atoms with E-state index in [1.165, 1.54) is 0 Å². The monoisotopic (exact) mass is 258 g/mol. The van der Waals surface area contributed by atoms with Crippen LogP contribution in [0.1, 0.15) is 19.3 Å². The van der Waals surface area contributed by atoms with Crippen LogP contribution in [0.2, 0.25) is 0 Å². The van der Waals surface area contributed by atoms with Crippen molar-refractivity contribution in [1.29, 1.82) is 0 Å². The van der Waals surface area contributed by atoms with Crippen molar-refractivity contribution >= 4 is 0 Å². The molecule has 1 saturated carbocycles. The number of rotatable bonds is 6. The zero-order valence-electron chi connectivity index (χ0n) is 11.1. The Morgan fingerprint density at radius 1 is 1.28 bits per heavy atom. The molecule has 2 fully saturated rings. The second-order valence-corrected chi connectivity index (χ2v) is 5.56. The highest BCUT2D eigenvalue weighted by Crippen LogP contribution is 2.24. The van der Waals surface area contributed by atoms with Gasteiger partial charge in [0.25, 0.3) is 0 Å². The van der Waals surface area contributed by atoms with E-state index in [0.717, 1.165) is 58.7 Å². The lowest BCUT2D eigenvalue weighted by molar-refractivity contribution is 0.0148. The Morgan fingerprint density at radius 2 is 2.06 bits per heavy atom. The van der Waals surface area contributed by atoms with Crippen LogP contribution in [0.5, 0.6) is 0 Å².